The first-order valence-corrected chi connectivity index (χ1v) is 7.06. The van der Waals surface area contributed by atoms with Gasteiger partial charge in [0.05, 0.1) is 0 Å². The van der Waals surface area contributed by atoms with E-state index in [1.54, 1.807) is 11.3 Å². The molecule has 2 nitrogen and oxygen atoms in total. The molecule has 0 amide bonds. The van der Waals surface area contributed by atoms with E-state index in [-0.39, 0.29) is 12.1 Å². The second kappa shape index (κ2) is 6.03. The second-order valence-corrected chi connectivity index (χ2v) is 5.69. The van der Waals surface area contributed by atoms with E-state index in [1.165, 1.54) is 9.75 Å². The summed E-state index contributed by atoms with van der Waals surface area (Å²) in [7, 11) is 0. The van der Waals surface area contributed by atoms with Crippen LogP contribution in [0.1, 0.15) is 29.2 Å². The molecule has 2 unspecified atom stereocenters. The lowest BCUT2D eigenvalue weighted by Gasteiger charge is -2.23. The van der Waals surface area contributed by atoms with Gasteiger partial charge >= 0.3 is 0 Å². The minimum atomic E-state index is -0.0592. The van der Waals surface area contributed by atoms with Crippen molar-refractivity contribution < 1.29 is 4.74 Å². The van der Waals surface area contributed by atoms with Crippen LogP contribution in [0, 0.1) is 6.92 Å². The first kappa shape index (κ1) is 13.1. The molecule has 0 saturated carbocycles. The van der Waals surface area contributed by atoms with Gasteiger partial charge in [0, 0.05) is 15.8 Å². The van der Waals surface area contributed by atoms with Gasteiger partial charge in [-0.15, -0.1) is 11.3 Å². The fourth-order valence-corrected chi connectivity index (χ4v) is 2.81. The zero-order chi connectivity index (χ0) is 13.0. The van der Waals surface area contributed by atoms with Crippen molar-refractivity contribution in [3.63, 3.8) is 0 Å². The first-order valence-electron chi connectivity index (χ1n) is 6.24. The van der Waals surface area contributed by atoms with Crippen molar-refractivity contribution in [3.05, 3.63) is 52.2 Å². The quantitative estimate of drug-likeness (QED) is 0.885. The summed E-state index contributed by atoms with van der Waals surface area (Å²) in [6.07, 6.45) is 0.838. The zero-order valence-corrected chi connectivity index (χ0v) is 11.6. The van der Waals surface area contributed by atoms with Gasteiger partial charge in [-0.3, -0.25) is 0 Å². The van der Waals surface area contributed by atoms with Crippen molar-refractivity contribution in [1.29, 1.82) is 0 Å². The highest BCUT2D eigenvalue weighted by atomic mass is 32.1. The van der Waals surface area contributed by atoms with E-state index in [0.29, 0.717) is 0 Å². The van der Waals surface area contributed by atoms with Crippen LogP contribution < -0.4 is 10.5 Å². The maximum atomic E-state index is 6.19. The van der Waals surface area contributed by atoms with Gasteiger partial charge in [0.25, 0.3) is 0 Å². The van der Waals surface area contributed by atoms with Crippen molar-refractivity contribution in [2.75, 3.05) is 0 Å². The molecule has 18 heavy (non-hydrogen) atoms. The van der Waals surface area contributed by atoms with Crippen LogP contribution in [0.15, 0.2) is 42.5 Å². The number of para-hydroxylation sites is 1. The van der Waals surface area contributed by atoms with Crippen molar-refractivity contribution in [2.24, 2.45) is 5.73 Å². The third kappa shape index (κ3) is 3.12. The molecule has 96 valence electrons. The van der Waals surface area contributed by atoms with E-state index in [4.69, 9.17) is 10.5 Å². The van der Waals surface area contributed by atoms with Crippen LogP contribution in [0.25, 0.3) is 0 Å². The molecule has 1 heterocycles. The molecule has 3 heteroatoms. The molecule has 2 N–H and O–H groups in total. The van der Waals surface area contributed by atoms with E-state index >= 15 is 0 Å². The fraction of sp³-hybridized carbons (Fsp3) is 0.333. The van der Waals surface area contributed by atoms with Gasteiger partial charge in [0.2, 0.25) is 0 Å². The van der Waals surface area contributed by atoms with Gasteiger partial charge in [-0.25, -0.2) is 0 Å². The molecule has 2 aromatic rings. The highest BCUT2D eigenvalue weighted by molar-refractivity contribution is 7.12. The number of benzene rings is 1. The van der Waals surface area contributed by atoms with Gasteiger partial charge < -0.3 is 10.5 Å². The van der Waals surface area contributed by atoms with Crippen LogP contribution in [-0.4, -0.2) is 6.04 Å². The van der Waals surface area contributed by atoms with E-state index in [0.717, 1.165) is 12.2 Å². The predicted octanol–water partition coefficient (Wildman–Crippen LogP) is 3.91. The Kier molecular flexibility index (Phi) is 4.39. The summed E-state index contributed by atoms with van der Waals surface area (Å²) in [5, 5.41) is 0. The van der Waals surface area contributed by atoms with Crippen molar-refractivity contribution in [2.45, 2.75) is 32.4 Å². The minimum Gasteiger partial charge on any atom is -0.483 e. The smallest absolute Gasteiger partial charge is 0.148 e. The highest BCUT2D eigenvalue weighted by Gasteiger charge is 2.21. The second-order valence-electron chi connectivity index (χ2n) is 4.37. The lowest BCUT2D eigenvalue weighted by molar-refractivity contribution is 0.174. The van der Waals surface area contributed by atoms with E-state index < -0.39 is 0 Å². The molecular formula is C15H19NOS. The molecule has 0 aliphatic heterocycles. The lowest BCUT2D eigenvalue weighted by Crippen LogP contribution is -2.30. The Morgan fingerprint density at radius 1 is 1.17 bits per heavy atom. The Balaban J connectivity index is 2.21. The molecule has 0 bridgehead atoms. The van der Waals surface area contributed by atoms with Gasteiger partial charge in [0.15, 0.2) is 0 Å². The zero-order valence-electron chi connectivity index (χ0n) is 10.8. The Morgan fingerprint density at radius 3 is 2.44 bits per heavy atom. The summed E-state index contributed by atoms with van der Waals surface area (Å²) in [4.78, 5) is 2.49. The SMILES string of the molecule is CCC(N)C(Oc1ccccc1)c1ccc(C)s1. The number of ether oxygens (including phenoxy) is 1. The van der Waals surface area contributed by atoms with Crippen LogP contribution in [0.2, 0.25) is 0 Å². The third-order valence-electron chi connectivity index (χ3n) is 2.91. The Labute approximate surface area is 112 Å². The summed E-state index contributed by atoms with van der Waals surface area (Å²) >= 11 is 1.75. The Bertz CT molecular complexity index is 480. The minimum absolute atomic E-state index is 0.0169. The van der Waals surface area contributed by atoms with Crippen LogP contribution in [0.3, 0.4) is 0 Å². The molecule has 1 aromatic carbocycles. The highest BCUT2D eigenvalue weighted by Crippen LogP contribution is 2.30. The van der Waals surface area contributed by atoms with Gasteiger partial charge in [-0.1, -0.05) is 25.1 Å². The molecule has 1 aromatic heterocycles. The summed E-state index contributed by atoms with van der Waals surface area (Å²) in [6, 6.07) is 14.1. The number of aryl methyl sites for hydroxylation is 1. The summed E-state index contributed by atoms with van der Waals surface area (Å²) in [5.41, 5.74) is 6.19. The van der Waals surface area contributed by atoms with Gasteiger partial charge in [-0.2, -0.15) is 0 Å². The van der Waals surface area contributed by atoms with Gasteiger partial charge in [-0.05, 0) is 37.6 Å². The van der Waals surface area contributed by atoms with Crippen LogP contribution in [0.5, 0.6) is 5.75 Å². The van der Waals surface area contributed by atoms with E-state index in [9.17, 15) is 0 Å². The average molecular weight is 261 g/mol. The standard InChI is InChI=1S/C15H19NOS/c1-3-13(16)15(14-10-9-11(2)18-14)17-12-7-5-4-6-8-12/h4-10,13,15H,3,16H2,1-2H3. The number of thiophene rings is 1. The Hall–Kier alpha value is -1.32. The molecule has 0 radical (unpaired) electrons. The molecule has 0 spiro atoms. The fourth-order valence-electron chi connectivity index (χ4n) is 1.82. The Morgan fingerprint density at radius 2 is 1.89 bits per heavy atom. The molecule has 0 saturated heterocycles. The molecular weight excluding hydrogens is 242 g/mol. The largest absolute Gasteiger partial charge is 0.483 e. The summed E-state index contributed by atoms with van der Waals surface area (Å²) in [6.45, 7) is 4.19. The van der Waals surface area contributed by atoms with E-state index in [2.05, 4.69) is 26.0 Å². The molecule has 2 rings (SSSR count). The number of rotatable bonds is 5. The van der Waals surface area contributed by atoms with Crippen LogP contribution in [0.4, 0.5) is 0 Å². The van der Waals surface area contributed by atoms with Crippen LogP contribution in [-0.2, 0) is 0 Å². The number of hydrogen-bond donors (Lipinski definition) is 1. The van der Waals surface area contributed by atoms with Gasteiger partial charge in [0.1, 0.15) is 11.9 Å². The predicted molar refractivity (Wildman–Crippen MR) is 77.1 cm³/mol. The lowest BCUT2D eigenvalue weighted by atomic mass is 10.1. The van der Waals surface area contributed by atoms with Crippen molar-refractivity contribution in [3.8, 4) is 5.75 Å². The summed E-state index contributed by atoms with van der Waals surface area (Å²) < 4.78 is 6.05. The summed E-state index contributed by atoms with van der Waals surface area (Å²) in [5.74, 6) is 0.873. The van der Waals surface area contributed by atoms with Crippen molar-refractivity contribution in [1.82, 2.24) is 0 Å². The first-order chi connectivity index (χ1) is 8.70. The molecule has 0 fully saturated rings. The number of nitrogens with two attached hydrogens (primary N) is 1. The maximum absolute atomic E-state index is 6.19. The van der Waals surface area contributed by atoms with Crippen LogP contribution >= 0.6 is 11.3 Å². The molecule has 0 aliphatic carbocycles. The van der Waals surface area contributed by atoms with E-state index in [1.807, 2.05) is 30.3 Å². The molecule has 0 aliphatic rings. The monoisotopic (exact) mass is 261 g/mol. The third-order valence-corrected chi connectivity index (χ3v) is 3.97. The average Bonchev–Trinajstić information content (AvgIpc) is 2.83. The number of hydrogen-bond acceptors (Lipinski definition) is 3. The topological polar surface area (TPSA) is 35.2 Å². The normalized spacial score (nSPS) is 14.2. The van der Waals surface area contributed by atoms with Crippen molar-refractivity contribution >= 4 is 11.3 Å². The molecule has 2 atom stereocenters. The maximum Gasteiger partial charge on any atom is 0.148 e.